The van der Waals surface area contributed by atoms with Crippen LogP contribution >= 0.6 is 0 Å². The van der Waals surface area contributed by atoms with Gasteiger partial charge in [0.25, 0.3) is 5.91 Å². The number of hydrogen-bond acceptors (Lipinski definition) is 4. The third-order valence-corrected chi connectivity index (χ3v) is 6.62. The van der Waals surface area contributed by atoms with Gasteiger partial charge in [-0.1, -0.05) is 42.0 Å². The maximum Gasteiger partial charge on any atom is 0.433 e. The summed E-state index contributed by atoms with van der Waals surface area (Å²) in [5.74, 6) is -0.0539. The Morgan fingerprint density at radius 1 is 0.972 bits per heavy atom. The SMILES string of the molecule is Cc1ccc2c(c1)c(C(=O)N1CCCN(c3nccc(C(F)(F)F)n3)CC1)c(-c1ccccc1)n2C. The number of carbonyl (C=O) groups excluding carboxylic acids is 1. The highest BCUT2D eigenvalue weighted by Gasteiger charge is 2.34. The van der Waals surface area contributed by atoms with E-state index in [1.165, 1.54) is 0 Å². The first-order valence-electron chi connectivity index (χ1n) is 11.8. The van der Waals surface area contributed by atoms with Crippen LogP contribution < -0.4 is 4.90 Å². The number of anilines is 1. The molecule has 0 spiro atoms. The van der Waals surface area contributed by atoms with Gasteiger partial charge in [0.2, 0.25) is 5.95 Å². The first-order chi connectivity index (χ1) is 17.2. The number of halogens is 3. The normalized spacial score (nSPS) is 14.8. The lowest BCUT2D eigenvalue weighted by Crippen LogP contribution is -2.36. The Morgan fingerprint density at radius 3 is 2.50 bits per heavy atom. The number of hydrogen-bond donors (Lipinski definition) is 0. The van der Waals surface area contributed by atoms with Crippen molar-refractivity contribution >= 4 is 22.8 Å². The standard InChI is InChI=1S/C27H26F3N5O/c1-18-9-10-21-20(17-18)23(24(33(21)2)19-7-4-3-5-8-19)25(36)34-13-6-14-35(16-15-34)26-31-12-11-22(32-26)27(28,29)30/h3-5,7-12,17H,6,13-16H2,1-2H3. The summed E-state index contributed by atoms with van der Waals surface area (Å²) in [6.45, 7) is 3.66. The summed E-state index contributed by atoms with van der Waals surface area (Å²) >= 11 is 0. The molecule has 36 heavy (non-hydrogen) atoms. The van der Waals surface area contributed by atoms with E-state index in [4.69, 9.17) is 0 Å². The van der Waals surface area contributed by atoms with Crippen LogP contribution in [0.1, 0.15) is 28.0 Å². The molecule has 4 aromatic rings. The molecule has 0 N–H and O–H groups in total. The third kappa shape index (κ3) is 4.41. The van der Waals surface area contributed by atoms with Crippen molar-refractivity contribution in [3.05, 3.63) is 77.6 Å². The van der Waals surface area contributed by atoms with E-state index in [1.54, 1.807) is 9.80 Å². The maximum atomic E-state index is 14.0. The highest BCUT2D eigenvalue weighted by atomic mass is 19.4. The fourth-order valence-electron chi connectivity index (χ4n) is 4.85. The van der Waals surface area contributed by atoms with Crippen LogP contribution in [-0.2, 0) is 13.2 Å². The molecule has 2 aromatic carbocycles. The molecule has 3 heterocycles. The average molecular weight is 494 g/mol. The Kier molecular flexibility index (Phi) is 6.15. The van der Waals surface area contributed by atoms with E-state index >= 15 is 0 Å². The smallest absolute Gasteiger partial charge is 0.343 e. The van der Waals surface area contributed by atoms with Crippen molar-refractivity contribution < 1.29 is 18.0 Å². The fraction of sp³-hybridized carbons (Fsp3) is 0.296. The van der Waals surface area contributed by atoms with Crippen molar-refractivity contribution in [3.8, 4) is 11.3 Å². The Hall–Kier alpha value is -3.88. The number of aromatic nitrogens is 3. The van der Waals surface area contributed by atoms with Crippen LogP contribution in [0.2, 0.25) is 0 Å². The number of rotatable bonds is 3. The molecule has 6 nitrogen and oxygen atoms in total. The van der Waals surface area contributed by atoms with Crippen LogP contribution in [0.4, 0.5) is 19.1 Å². The molecule has 1 fully saturated rings. The van der Waals surface area contributed by atoms with Gasteiger partial charge in [0.1, 0.15) is 5.69 Å². The van der Waals surface area contributed by atoms with Crippen molar-refractivity contribution in [1.82, 2.24) is 19.4 Å². The van der Waals surface area contributed by atoms with Gasteiger partial charge in [-0.05, 0) is 37.1 Å². The molecule has 1 aliphatic heterocycles. The van der Waals surface area contributed by atoms with Gasteiger partial charge in [-0.25, -0.2) is 9.97 Å². The molecule has 5 rings (SSSR count). The van der Waals surface area contributed by atoms with Crippen LogP contribution in [-0.4, -0.2) is 51.5 Å². The first-order valence-corrected chi connectivity index (χ1v) is 11.8. The fourth-order valence-corrected chi connectivity index (χ4v) is 4.85. The van der Waals surface area contributed by atoms with E-state index in [1.807, 2.05) is 62.5 Å². The Morgan fingerprint density at radius 2 is 1.75 bits per heavy atom. The second kappa shape index (κ2) is 9.29. The van der Waals surface area contributed by atoms with E-state index in [0.29, 0.717) is 38.2 Å². The molecular weight excluding hydrogens is 467 g/mol. The lowest BCUT2D eigenvalue weighted by Gasteiger charge is -2.23. The van der Waals surface area contributed by atoms with Gasteiger partial charge in [0, 0.05) is 50.3 Å². The molecular formula is C27H26F3N5O. The van der Waals surface area contributed by atoms with Gasteiger partial charge >= 0.3 is 6.18 Å². The summed E-state index contributed by atoms with van der Waals surface area (Å²) in [5.41, 5.74) is 3.51. The number of carbonyl (C=O) groups is 1. The molecule has 0 radical (unpaired) electrons. The summed E-state index contributed by atoms with van der Waals surface area (Å²) in [4.78, 5) is 25.3. The van der Waals surface area contributed by atoms with Crippen LogP contribution in [0.15, 0.2) is 60.8 Å². The van der Waals surface area contributed by atoms with Gasteiger partial charge < -0.3 is 14.4 Å². The third-order valence-electron chi connectivity index (χ3n) is 6.62. The van der Waals surface area contributed by atoms with Crippen molar-refractivity contribution in [2.24, 2.45) is 7.05 Å². The first kappa shape index (κ1) is 23.8. The molecule has 0 atom stereocenters. The lowest BCUT2D eigenvalue weighted by molar-refractivity contribution is -0.141. The largest absolute Gasteiger partial charge is 0.433 e. The topological polar surface area (TPSA) is 54.3 Å². The zero-order valence-corrected chi connectivity index (χ0v) is 20.1. The van der Waals surface area contributed by atoms with Crippen molar-refractivity contribution in [1.29, 1.82) is 0 Å². The van der Waals surface area contributed by atoms with Crippen LogP contribution in [0.3, 0.4) is 0 Å². The molecule has 1 amide bonds. The number of benzene rings is 2. The zero-order valence-electron chi connectivity index (χ0n) is 20.1. The second-order valence-electron chi connectivity index (χ2n) is 9.04. The highest BCUT2D eigenvalue weighted by Crippen LogP contribution is 2.35. The quantitative estimate of drug-likeness (QED) is 0.388. The van der Waals surface area contributed by atoms with Gasteiger partial charge in [-0.15, -0.1) is 0 Å². The summed E-state index contributed by atoms with van der Waals surface area (Å²) in [5, 5.41) is 0.892. The van der Waals surface area contributed by atoms with Crippen molar-refractivity contribution in [2.45, 2.75) is 19.5 Å². The molecule has 0 unspecified atom stereocenters. The summed E-state index contributed by atoms with van der Waals surface area (Å²) < 4.78 is 41.5. The van der Waals surface area contributed by atoms with Gasteiger partial charge in [0.05, 0.1) is 11.3 Å². The molecule has 2 aromatic heterocycles. The van der Waals surface area contributed by atoms with E-state index < -0.39 is 11.9 Å². The van der Waals surface area contributed by atoms with E-state index in [-0.39, 0.29) is 11.9 Å². The predicted octanol–water partition coefficient (Wildman–Crippen LogP) is 5.32. The summed E-state index contributed by atoms with van der Waals surface area (Å²) in [6, 6.07) is 16.8. The zero-order chi connectivity index (χ0) is 25.4. The van der Waals surface area contributed by atoms with Crippen LogP contribution in [0.5, 0.6) is 0 Å². The summed E-state index contributed by atoms with van der Waals surface area (Å²) in [6.07, 6.45) is -2.81. The molecule has 0 bridgehead atoms. The molecule has 1 aliphatic rings. The van der Waals surface area contributed by atoms with Crippen LogP contribution in [0.25, 0.3) is 22.2 Å². The lowest BCUT2D eigenvalue weighted by atomic mass is 10.0. The molecule has 0 aliphatic carbocycles. The molecule has 0 saturated carbocycles. The minimum absolute atomic E-state index is 0.0323. The van der Waals surface area contributed by atoms with Crippen molar-refractivity contribution in [3.63, 3.8) is 0 Å². The molecule has 9 heteroatoms. The number of amides is 1. The maximum absolute atomic E-state index is 14.0. The number of fused-ring (bicyclic) bond motifs is 1. The van der Waals surface area contributed by atoms with E-state index in [9.17, 15) is 18.0 Å². The van der Waals surface area contributed by atoms with Gasteiger partial charge in [-0.2, -0.15) is 13.2 Å². The minimum Gasteiger partial charge on any atom is -0.343 e. The Bertz CT molecular complexity index is 1410. The number of aryl methyl sites for hydroxylation is 2. The van der Waals surface area contributed by atoms with E-state index in [2.05, 4.69) is 14.5 Å². The van der Waals surface area contributed by atoms with E-state index in [0.717, 1.165) is 40.0 Å². The van der Waals surface area contributed by atoms with Crippen LogP contribution in [0, 0.1) is 6.92 Å². The Labute approximate surface area is 207 Å². The predicted molar refractivity (Wildman–Crippen MR) is 133 cm³/mol. The number of alkyl halides is 3. The number of nitrogens with zero attached hydrogens (tertiary/aromatic N) is 5. The molecule has 186 valence electrons. The van der Waals surface area contributed by atoms with Gasteiger partial charge in [-0.3, -0.25) is 4.79 Å². The van der Waals surface area contributed by atoms with Gasteiger partial charge in [0.15, 0.2) is 0 Å². The second-order valence-corrected chi connectivity index (χ2v) is 9.04. The summed E-state index contributed by atoms with van der Waals surface area (Å²) in [7, 11) is 1.96. The average Bonchev–Trinajstić information content (AvgIpc) is 3.00. The minimum atomic E-state index is -4.54. The Balaban J connectivity index is 1.48. The van der Waals surface area contributed by atoms with Crippen molar-refractivity contribution in [2.75, 3.05) is 31.1 Å². The highest BCUT2D eigenvalue weighted by molar-refractivity contribution is 6.13. The monoisotopic (exact) mass is 493 g/mol. The molecule has 1 saturated heterocycles.